The highest BCUT2D eigenvalue weighted by Crippen LogP contribution is 2.44. The first-order valence-corrected chi connectivity index (χ1v) is 10.6. The van der Waals surface area contributed by atoms with Crippen LogP contribution in [0.3, 0.4) is 0 Å². The summed E-state index contributed by atoms with van der Waals surface area (Å²) < 4.78 is 19.2. The van der Waals surface area contributed by atoms with Crippen molar-refractivity contribution in [2.24, 2.45) is 5.92 Å². The second-order valence-electron chi connectivity index (χ2n) is 7.98. The van der Waals surface area contributed by atoms with Crippen molar-refractivity contribution in [3.05, 3.63) is 63.6 Å². The minimum atomic E-state index is -0.762. The zero-order chi connectivity index (χ0) is 21.5. The van der Waals surface area contributed by atoms with Gasteiger partial charge in [-0.1, -0.05) is 35.3 Å². The predicted molar refractivity (Wildman–Crippen MR) is 116 cm³/mol. The van der Waals surface area contributed by atoms with Gasteiger partial charge in [0, 0.05) is 24.3 Å². The summed E-state index contributed by atoms with van der Waals surface area (Å²) in [6.07, 6.45) is 2.98. The third-order valence-corrected chi connectivity index (χ3v) is 6.76. The Morgan fingerprint density at radius 3 is 2.40 bits per heavy atom. The molecule has 1 fully saturated rings. The van der Waals surface area contributed by atoms with E-state index in [-0.39, 0.29) is 22.3 Å². The number of aliphatic hydroxyl groups excluding tert-OH is 1. The first-order chi connectivity index (χ1) is 14.3. The Balaban J connectivity index is 1.71. The number of nitrogens with one attached hydrogen (secondary N) is 1. The maximum Gasteiger partial charge on any atom is 0.256 e. The maximum absolute atomic E-state index is 13.9. The van der Waals surface area contributed by atoms with Gasteiger partial charge >= 0.3 is 0 Å². The molecule has 1 aliphatic heterocycles. The largest absolute Gasteiger partial charge is 0.509 e. The second kappa shape index (κ2) is 8.22. The molecule has 0 atom stereocenters. The van der Waals surface area contributed by atoms with Crippen LogP contribution >= 0.6 is 23.2 Å². The fraction of sp³-hybridized carbons (Fsp3) is 0.348. The van der Waals surface area contributed by atoms with Gasteiger partial charge in [0.25, 0.3) is 5.91 Å². The minimum absolute atomic E-state index is 0.0321. The monoisotopic (exact) mass is 449 g/mol. The average molecular weight is 450 g/mol. The number of methoxy groups -OCH3 is 1. The summed E-state index contributed by atoms with van der Waals surface area (Å²) in [5.41, 5.74) is 1.12. The highest BCUT2D eigenvalue weighted by atomic mass is 35.5. The summed E-state index contributed by atoms with van der Waals surface area (Å²) >= 11 is 12.2. The topological polar surface area (TPSA) is 58.6 Å². The van der Waals surface area contributed by atoms with Gasteiger partial charge in [0.05, 0.1) is 16.1 Å². The van der Waals surface area contributed by atoms with Gasteiger partial charge in [-0.3, -0.25) is 4.79 Å². The van der Waals surface area contributed by atoms with Crippen molar-refractivity contribution < 1.29 is 19.0 Å². The van der Waals surface area contributed by atoms with Crippen LogP contribution < -0.4 is 5.32 Å². The van der Waals surface area contributed by atoms with E-state index < -0.39 is 11.4 Å². The summed E-state index contributed by atoms with van der Waals surface area (Å²) in [4.78, 5) is 12.9. The number of aliphatic hydroxyl groups is 1. The first kappa shape index (κ1) is 21.2. The number of ether oxygens (including phenoxy) is 1. The van der Waals surface area contributed by atoms with Crippen molar-refractivity contribution in [3.63, 3.8) is 0 Å². The SMILES string of the molecule is COC[C@H]1CC[C@]2(CC1)NC(=O)C(c1cc(-c3ccc(Cl)c(F)c3)ccc1Cl)=C2O. The smallest absolute Gasteiger partial charge is 0.256 e. The molecule has 0 bridgehead atoms. The van der Waals surface area contributed by atoms with E-state index in [2.05, 4.69) is 5.32 Å². The third-order valence-electron chi connectivity index (χ3n) is 6.12. The molecule has 2 aliphatic rings. The highest BCUT2D eigenvalue weighted by molar-refractivity contribution is 6.36. The van der Waals surface area contributed by atoms with E-state index in [4.69, 9.17) is 27.9 Å². The number of hydrogen-bond donors (Lipinski definition) is 2. The number of amides is 1. The lowest BCUT2D eigenvalue weighted by Crippen LogP contribution is -2.47. The van der Waals surface area contributed by atoms with Crippen LogP contribution in [0.5, 0.6) is 0 Å². The molecule has 0 aromatic heterocycles. The van der Waals surface area contributed by atoms with Crippen LogP contribution in [0.4, 0.5) is 4.39 Å². The highest BCUT2D eigenvalue weighted by Gasteiger charge is 2.48. The van der Waals surface area contributed by atoms with Crippen molar-refractivity contribution in [2.75, 3.05) is 13.7 Å². The summed E-state index contributed by atoms with van der Waals surface area (Å²) in [5.74, 6) is -0.428. The molecule has 0 saturated heterocycles. The molecule has 1 spiro atoms. The maximum atomic E-state index is 13.9. The van der Waals surface area contributed by atoms with E-state index in [9.17, 15) is 14.3 Å². The fourth-order valence-electron chi connectivity index (χ4n) is 4.44. The van der Waals surface area contributed by atoms with Crippen molar-refractivity contribution in [3.8, 4) is 11.1 Å². The van der Waals surface area contributed by atoms with Crippen LogP contribution in [0.1, 0.15) is 31.2 Å². The molecule has 4 rings (SSSR count). The van der Waals surface area contributed by atoms with Gasteiger partial charge in [-0.25, -0.2) is 4.39 Å². The zero-order valence-electron chi connectivity index (χ0n) is 16.5. The lowest BCUT2D eigenvalue weighted by molar-refractivity contribution is -0.116. The van der Waals surface area contributed by atoms with Crippen molar-refractivity contribution in [1.29, 1.82) is 0 Å². The van der Waals surface area contributed by atoms with Gasteiger partial charge in [-0.2, -0.15) is 0 Å². The Hall–Kier alpha value is -2.08. The van der Waals surface area contributed by atoms with Crippen molar-refractivity contribution in [2.45, 2.75) is 31.2 Å². The standard InChI is InChI=1S/C23H22Cl2FNO3/c1-30-12-13-6-8-23(9-7-13)21(28)20(22(29)27-23)16-10-14(2-4-17(16)24)15-3-5-18(25)19(26)11-15/h2-5,10-11,13,28H,6-9,12H2,1H3,(H,27,29)/t13-,23+. The minimum Gasteiger partial charge on any atom is -0.509 e. The third kappa shape index (κ3) is 3.70. The van der Waals surface area contributed by atoms with Crippen LogP contribution in [0.15, 0.2) is 42.2 Å². The molecule has 4 nitrogen and oxygen atoms in total. The predicted octanol–water partition coefficient (Wildman–Crippen LogP) is 5.77. The number of carbonyl (C=O) groups is 1. The summed E-state index contributed by atoms with van der Waals surface area (Å²) in [6.45, 7) is 0.673. The Labute approximate surface area is 184 Å². The summed E-state index contributed by atoms with van der Waals surface area (Å²) in [7, 11) is 1.68. The van der Waals surface area contributed by atoms with E-state index >= 15 is 0 Å². The molecule has 2 aromatic carbocycles. The van der Waals surface area contributed by atoms with Gasteiger partial charge < -0.3 is 15.2 Å². The van der Waals surface area contributed by atoms with E-state index in [1.807, 2.05) is 0 Å². The molecule has 7 heteroatoms. The molecule has 0 radical (unpaired) electrons. The van der Waals surface area contributed by atoms with E-state index in [0.29, 0.717) is 47.1 Å². The second-order valence-corrected chi connectivity index (χ2v) is 8.80. The van der Waals surface area contributed by atoms with Crippen LogP contribution in [0, 0.1) is 11.7 Å². The Bertz CT molecular complexity index is 1030. The summed E-state index contributed by atoms with van der Waals surface area (Å²) in [5, 5.41) is 14.5. The fourth-order valence-corrected chi connectivity index (χ4v) is 4.77. The van der Waals surface area contributed by atoms with Crippen LogP contribution in [-0.2, 0) is 9.53 Å². The molecule has 2 N–H and O–H groups in total. The van der Waals surface area contributed by atoms with Gasteiger partial charge in [0.2, 0.25) is 0 Å². The lowest BCUT2D eigenvalue weighted by Gasteiger charge is -2.37. The molecule has 1 saturated carbocycles. The van der Waals surface area contributed by atoms with Crippen molar-refractivity contribution >= 4 is 34.7 Å². The van der Waals surface area contributed by atoms with Gasteiger partial charge in [0.15, 0.2) is 0 Å². The van der Waals surface area contributed by atoms with Gasteiger partial charge in [-0.15, -0.1) is 0 Å². The van der Waals surface area contributed by atoms with Crippen molar-refractivity contribution in [1.82, 2.24) is 5.32 Å². The average Bonchev–Trinajstić information content (AvgIpc) is 2.96. The summed E-state index contributed by atoms with van der Waals surface area (Å²) in [6, 6.07) is 9.59. The number of rotatable bonds is 4. The number of hydrogen-bond acceptors (Lipinski definition) is 3. The molecule has 1 heterocycles. The van der Waals surface area contributed by atoms with Crippen LogP contribution in [-0.4, -0.2) is 30.3 Å². The van der Waals surface area contributed by atoms with Gasteiger partial charge in [0.1, 0.15) is 11.6 Å². The Morgan fingerprint density at radius 1 is 1.13 bits per heavy atom. The molecule has 1 amide bonds. The first-order valence-electron chi connectivity index (χ1n) is 9.85. The normalized spacial score (nSPS) is 23.9. The molecule has 2 aromatic rings. The number of carbonyl (C=O) groups excluding carboxylic acids is 1. The molecular weight excluding hydrogens is 428 g/mol. The molecule has 30 heavy (non-hydrogen) atoms. The van der Waals surface area contributed by atoms with E-state index in [1.165, 1.54) is 12.1 Å². The molecule has 1 aliphatic carbocycles. The molecular formula is C23H22Cl2FNO3. The number of halogens is 3. The van der Waals surface area contributed by atoms with Gasteiger partial charge in [-0.05, 0) is 67.0 Å². The number of benzene rings is 2. The zero-order valence-corrected chi connectivity index (χ0v) is 18.0. The van der Waals surface area contributed by atoms with Crippen LogP contribution in [0.25, 0.3) is 16.7 Å². The quantitative estimate of drug-likeness (QED) is 0.622. The van der Waals surface area contributed by atoms with Crippen LogP contribution in [0.2, 0.25) is 10.0 Å². The Kier molecular flexibility index (Phi) is 5.80. The lowest BCUT2D eigenvalue weighted by atomic mass is 9.76. The Morgan fingerprint density at radius 2 is 1.77 bits per heavy atom. The van der Waals surface area contributed by atoms with E-state index in [1.54, 1.807) is 31.4 Å². The molecule has 158 valence electrons. The molecule has 0 unspecified atom stereocenters. The van der Waals surface area contributed by atoms with E-state index in [0.717, 1.165) is 12.8 Å².